The first kappa shape index (κ1) is 9.50. The summed E-state index contributed by atoms with van der Waals surface area (Å²) in [6.45, 7) is 0. The van der Waals surface area contributed by atoms with Crippen LogP contribution in [0.5, 0.6) is 0 Å². The van der Waals surface area contributed by atoms with E-state index in [4.69, 9.17) is 17.3 Å². The predicted molar refractivity (Wildman–Crippen MR) is 59.1 cm³/mol. The molecular weight excluding hydrogens is 249 g/mol. The van der Waals surface area contributed by atoms with Gasteiger partial charge in [0.1, 0.15) is 0 Å². The van der Waals surface area contributed by atoms with E-state index in [-0.39, 0.29) is 6.04 Å². The summed E-state index contributed by atoms with van der Waals surface area (Å²) in [6, 6.07) is 6.18. The number of hydrogen-bond donors (Lipinski definition) is 1. The fourth-order valence-corrected chi connectivity index (χ4v) is 2.84. The molecule has 2 atom stereocenters. The van der Waals surface area contributed by atoms with Gasteiger partial charge in [0, 0.05) is 21.5 Å². The molecule has 0 amide bonds. The smallest absolute Gasteiger partial charge is 0.0452 e. The zero-order valence-corrected chi connectivity index (χ0v) is 9.48. The summed E-state index contributed by atoms with van der Waals surface area (Å²) in [6.07, 6.45) is 2.27. The standard InChI is InChI=1S/C10H11BrClN/c11-7-2-1-3-8(12)10(7)6-4-5-9(6)13/h1-3,6,9H,4-5,13H2. The SMILES string of the molecule is NC1CCC1c1c(Cl)cccc1Br. The van der Waals surface area contributed by atoms with E-state index in [0.717, 1.165) is 22.3 Å². The van der Waals surface area contributed by atoms with Gasteiger partial charge in [0.15, 0.2) is 0 Å². The Morgan fingerprint density at radius 3 is 2.62 bits per heavy atom. The van der Waals surface area contributed by atoms with E-state index in [0.29, 0.717) is 5.92 Å². The van der Waals surface area contributed by atoms with Crippen molar-refractivity contribution >= 4 is 27.5 Å². The molecule has 0 spiro atoms. The molecule has 70 valence electrons. The van der Waals surface area contributed by atoms with Crippen molar-refractivity contribution in [1.82, 2.24) is 0 Å². The van der Waals surface area contributed by atoms with Gasteiger partial charge in [-0.1, -0.05) is 33.6 Å². The minimum atomic E-state index is 0.288. The van der Waals surface area contributed by atoms with Gasteiger partial charge >= 0.3 is 0 Å². The van der Waals surface area contributed by atoms with E-state index < -0.39 is 0 Å². The van der Waals surface area contributed by atoms with Gasteiger partial charge in [0.2, 0.25) is 0 Å². The lowest BCUT2D eigenvalue weighted by Crippen LogP contribution is -2.37. The van der Waals surface area contributed by atoms with Gasteiger partial charge in [-0.2, -0.15) is 0 Å². The summed E-state index contributed by atoms with van der Waals surface area (Å²) in [4.78, 5) is 0. The van der Waals surface area contributed by atoms with Crippen molar-refractivity contribution in [3.63, 3.8) is 0 Å². The molecule has 3 heteroatoms. The van der Waals surface area contributed by atoms with E-state index in [9.17, 15) is 0 Å². The van der Waals surface area contributed by atoms with Crippen molar-refractivity contribution in [1.29, 1.82) is 0 Å². The molecule has 1 aliphatic carbocycles. The maximum Gasteiger partial charge on any atom is 0.0452 e. The van der Waals surface area contributed by atoms with Crippen molar-refractivity contribution < 1.29 is 0 Å². The number of rotatable bonds is 1. The molecule has 0 radical (unpaired) electrons. The summed E-state index contributed by atoms with van der Waals surface area (Å²) in [5, 5.41) is 0.828. The molecule has 0 heterocycles. The Bertz CT molecular complexity index is 306. The first-order valence-corrected chi connectivity index (χ1v) is 5.56. The van der Waals surface area contributed by atoms with E-state index in [2.05, 4.69) is 15.9 Å². The van der Waals surface area contributed by atoms with Crippen LogP contribution in [0, 0.1) is 0 Å². The molecule has 1 aliphatic rings. The van der Waals surface area contributed by atoms with Gasteiger partial charge in [0.25, 0.3) is 0 Å². The Balaban J connectivity index is 2.38. The van der Waals surface area contributed by atoms with Crippen LogP contribution in [0.4, 0.5) is 0 Å². The van der Waals surface area contributed by atoms with Gasteiger partial charge in [-0.15, -0.1) is 0 Å². The number of benzene rings is 1. The highest BCUT2D eigenvalue weighted by Gasteiger charge is 2.31. The van der Waals surface area contributed by atoms with Crippen molar-refractivity contribution in [2.45, 2.75) is 24.8 Å². The summed E-state index contributed by atoms with van der Waals surface area (Å²) in [5.41, 5.74) is 7.10. The molecule has 0 bridgehead atoms. The maximum absolute atomic E-state index is 6.12. The van der Waals surface area contributed by atoms with Crippen LogP contribution in [0.15, 0.2) is 22.7 Å². The van der Waals surface area contributed by atoms with Gasteiger partial charge < -0.3 is 5.73 Å². The molecule has 1 fully saturated rings. The second-order valence-electron chi connectivity index (χ2n) is 3.48. The van der Waals surface area contributed by atoms with Crippen LogP contribution in [0.25, 0.3) is 0 Å². The average Bonchev–Trinajstić information content (AvgIpc) is 2.09. The number of halogens is 2. The maximum atomic E-state index is 6.12. The number of nitrogens with two attached hydrogens (primary N) is 1. The van der Waals surface area contributed by atoms with Gasteiger partial charge in [-0.05, 0) is 30.5 Å². The monoisotopic (exact) mass is 259 g/mol. The molecule has 1 aromatic carbocycles. The van der Waals surface area contributed by atoms with E-state index in [1.54, 1.807) is 0 Å². The Labute approximate surface area is 91.4 Å². The zero-order chi connectivity index (χ0) is 9.42. The Kier molecular flexibility index (Phi) is 2.63. The van der Waals surface area contributed by atoms with Gasteiger partial charge in [-0.25, -0.2) is 0 Å². The second-order valence-corrected chi connectivity index (χ2v) is 4.74. The van der Waals surface area contributed by atoms with Crippen LogP contribution in [0.2, 0.25) is 5.02 Å². The van der Waals surface area contributed by atoms with Gasteiger partial charge in [-0.3, -0.25) is 0 Å². The highest BCUT2D eigenvalue weighted by Crippen LogP contribution is 2.42. The third-order valence-electron chi connectivity index (χ3n) is 2.70. The normalized spacial score (nSPS) is 27.0. The highest BCUT2D eigenvalue weighted by molar-refractivity contribution is 9.10. The topological polar surface area (TPSA) is 26.0 Å². The van der Waals surface area contributed by atoms with E-state index in [1.165, 1.54) is 5.56 Å². The first-order valence-electron chi connectivity index (χ1n) is 4.39. The van der Waals surface area contributed by atoms with Crippen LogP contribution < -0.4 is 5.73 Å². The largest absolute Gasteiger partial charge is 0.327 e. The predicted octanol–water partition coefficient (Wildman–Crippen LogP) is 3.31. The van der Waals surface area contributed by atoms with Crippen LogP contribution in [-0.2, 0) is 0 Å². The Morgan fingerprint density at radius 1 is 1.38 bits per heavy atom. The molecule has 1 aromatic rings. The summed E-state index contributed by atoms with van der Waals surface area (Å²) >= 11 is 9.63. The van der Waals surface area contributed by atoms with Crippen molar-refractivity contribution in [3.8, 4) is 0 Å². The summed E-state index contributed by atoms with van der Waals surface area (Å²) < 4.78 is 1.08. The van der Waals surface area contributed by atoms with Crippen molar-refractivity contribution in [2.24, 2.45) is 5.73 Å². The van der Waals surface area contributed by atoms with E-state index in [1.807, 2.05) is 18.2 Å². The van der Waals surface area contributed by atoms with Crippen molar-refractivity contribution in [3.05, 3.63) is 33.3 Å². The fourth-order valence-electron chi connectivity index (χ4n) is 1.75. The molecule has 2 N–H and O–H groups in total. The second kappa shape index (κ2) is 3.60. The molecule has 0 aromatic heterocycles. The molecule has 0 aliphatic heterocycles. The molecule has 1 saturated carbocycles. The lowest BCUT2D eigenvalue weighted by molar-refractivity contribution is 0.346. The first-order chi connectivity index (χ1) is 6.20. The third-order valence-corrected chi connectivity index (χ3v) is 3.72. The van der Waals surface area contributed by atoms with Gasteiger partial charge in [0.05, 0.1) is 0 Å². The Morgan fingerprint density at radius 2 is 2.15 bits per heavy atom. The Hall–Kier alpha value is -0.0500. The molecule has 2 unspecified atom stereocenters. The quantitative estimate of drug-likeness (QED) is 0.824. The average molecular weight is 261 g/mol. The summed E-state index contributed by atoms with van der Waals surface area (Å²) in [7, 11) is 0. The lowest BCUT2D eigenvalue weighted by Gasteiger charge is -2.35. The zero-order valence-electron chi connectivity index (χ0n) is 7.13. The molecule has 1 nitrogen and oxygen atoms in total. The lowest BCUT2D eigenvalue weighted by atomic mass is 9.75. The minimum absolute atomic E-state index is 0.288. The van der Waals surface area contributed by atoms with Crippen molar-refractivity contribution in [2.75, 3.05) is 0 Å². The minimum Gasteiger partial charge on any atom is -0.327 e. The summed E-state index contributed by atoms with van der Waals surface area (Å²) in [5.74, 6) is 0.447. The van der Waals surface area contributed by atoms with E-state index >= 15 is 0 Å². The molecule has 13 heavy (non-hydrogen) atoms. The third kappa shape index (κ3) is 1.63. The molecular formula is C10H11BrClN. The van der Waals surface area contributed by atoms with Crippen LogP contribution >= 0.6 is 27.5 Å². The highest BCUT2D eigenvalue weighted by atomic mass is 79.9. The fraction of sp³-hybridized carbons (Fsp3) is 0.400. The van der Waals surface area contributed by atoms with Crippen LogP contribution in [0.1, 0.15) is 24.3 Å². The van der Waals surface area contributed by atoms with Crippen LogP contribution in [-0.4, -0.2) is 6.04 Å². The molecule has 2 rings (SSSR count). The van der Waals surface area contributed by atoms with Crippen LogP contribution in [0.3, 0.4) is 0 Å². The number of hydrogen-bond acceptors (Lipinski definition) is 1. The molecule has 0 saturated heterocycles.